The van der Waals surface area contributed by atoms with Crippen LogP contribution in [0.5, 0.6) is 0 Å². The van der Waals surface area contributed by atoms with Gasteiger partial charge in [-0.3, -0.25) is 4.90 Å². The zero-order valence-electron chi connectivity index (χ0n) is 9.22. The maximum Gasteiger partial charge on any atom is 0.0192 e. The Balaban J connectivity index is 3.73. The second-order valence-electron chi connectivity index (χ2n) is 3.71. The molecule has 0 fully saturated rings. The minimum Gasteiger partial charge on any atom is -0.318 e. The molecule has 0 spiro atoms. The van der Waals surface area contributed by atoms with E-state index in [0.29, 0.717) is 12.1 Å². The van der Waals surface area contributed by atoms with Crippen LogP contribution in [0.15, 0.2) is 0 Å². The lowest BCUT2D eigenvalue weighted by Gasteiger charge is -2.30. The number of nitrogens with one attached hydrogen (secondary N) is 1. The molecule has 0 aliphatic heterocycles. The van der Waals surface area contributed by atoms with E-state index >= 15 is 0 Å². The second-order valence-corrected chi connectivity index (χ2v) is 3.71. The summed E-state index contributed by atoms with van der Waals surface area (Å²) in [5, 5.41) is 3.20. The molecule has 2 nitrogen and oxygen atoms in total. The van der Waals surface area contributed by atoms with E-state index in [1.807, 2.05) is 7.05 Å². The average Bonchev–Trinajstić information content (AvgIpc) is 2.04. The Hall–Kier alpha value is -0.0800. The third-order valence-electron chi connectivity index (χ3n) is 2.60. The molecule has 0 rings (SSSR count). The molecule has 12 heavy (non-hydrogen) atoms. The van der Waals surface area contributed by atoms with Crippen LogP contribution in [0.3, 0.4) is 0 Å². The van der Waals surface area contributed by atoms with Gasteiger partial charge in [0.15, 0.2) is 0 Å². The molecule has 0 heterocycles. The van der Waals surface area contributed by atoms with Crippen LogP contribution in [0.2, 0.25) is 0 Å². The third-order valence-corrected chi connectivity index (χ3v) is 2.60. The Morgan fingerprint density at radius 1 is 1.25 bits per heavy atom. The lowest BCUT2D eigenvalue weighted by molar-refractivity contribution is 0.185. The minimum absolute atomic E-state index is 0.636. The summed E-state index contributed by atoms with van der Waals surface area (Å²) in [6.45, 7) is 7.88. The van der Waals surface area contributed by atoms with Crippen LogP contribution in [0.25, 0.3) is 0 Å². The number of nitrogens with zero attached hydrogens (tertiary/aromatic N) is 1. The quantitative estimate of drug-likeness (QED) is 0.656. The van der Waals surface area contributed by atoms with Gasteiger partial charge in [-0.05, 0) is 34.4 Å². The molecule has 0 bridgehead atoms. The van der Waals surface area contributed by atoms with Gasteiger partial charge in [-0.15, -0.1) is 0 Å². The van der Waals surface area contributed by atoms with Gasteiger partial charge in [-0.25, -0.2) is 0 Å². The van der Waals surface area contributed by atoms with E-state index in [4.69, 9.17) is 0 Å². The maximum absolute atomic E-state index is 3.20. The van der Waals surface area contributed by atoms with Crippen molar-refractivity contribution in [1.82, 2.24) is 10.2 Å². The molecule has 0 aliphatic carbocycles. The fraction of sp³-hybridized carbons (Fsp3) is 1.00. The van der Waals surface area contributed by atoms with E-state index in [1.54, 1.807) is 0 Å². The summed E-state index contributed by atoms with van der Waals surface area (Å²) < 4.78 is 0. The highest BCUT2D eigenvalue weighted by molar-refractivity contribution is 4.70. The van der Waals surface area contributed by atoms with Crippen LogP contribution in [0.4, 0.5) is 0 Å². The van der Waals surface area contributed by atoms with Crippen LogP contribution in [0.1, 0.15) is 33.6 Å². The van der Waals surface area contributed by atoms with Gasteiger partial charge in [-0.1, -0.05) is 13.3 Å². The van der Waals surface area contributed by atoms with Crippen LogP contribution in [-0.2, 0) is 0 Å². The molecule has 0 aromatic heterocycles. The number of likely N-dealkylation sites (N-methyl/N-ethyl adjacent to an activating group) is 2. The van der Waals surface area contributed by atoms with Gasteiger partial charge >= 0.3 is 0 Å². The van der Waals surface area contributed by atoms with Crippen molar-refractivity contribution in [3.05, 3.63) is 0 Å². The lowest BCUT2D eigenvalue weighted by atomic mass is 10.1. The highest BCUT2D eigenvalue weighted by atomic mass is 15.2. The molecule has 0 saturated carbocycles. The Kier molecular flexibility index (Phi) is 6.39. The number of rotatable bonds is 6. The predicted octanol–water partition coefficient (Wildman–Crippen LogP) is 1.71. The smallest absolute Gasteiger partial charge is 0.0192 e. The van der Waals surface area contributed by atoms with Crippen LogP contribution in [-0.4, -0.2) is 37.6 Å². The topological polar surface area (TPSA) is 15.3 Å². The van der Waals surface area contributed by atoms with E-state index in [2.05, 4.69) is 38.0 Å². The first-order valence-electron chi connectivity index (χ1n) is 5.00. The molecule has 0 radical (unpaired) electrons. The van der Waals surface area contributed by atoms with Crippen molar-refractivity contribution < 1.29 is 0 Å². The molecule has 0 saturated heterocycles. The van der Waals surface area contributed by atoms with Gasteiger partial charge in [0.1, 0.15) is 0 Å². The molecule has 2 atom stereocenters. The molecule has 74 valence electrons. The Morgan fingerprint density at radius 3 is 2.25 bits per heavy atom. The molecular formula is C10H24N2. The van der Waals surface area contributed by atoms with Gasteiger partial charge in [0, 0.05) is 18.6 Å². The van der Waals surface area contributed by atoms with Gasteiger partial charge in [0.05, 0.1) is 0 Å². The van der Waals surface area contributed by atoms with Crippen molar-refractivity contribution in [3.8, 4) is 0 Å². The Morgan fingerprint density at radius 2 is 1.83 bits per heavy atom. The van der Waals surface area contributed by atoms with E-state index in [0.717, 1.165) is 6.54 Å². The molecular weight excluding hydrogens is 148 g/mol. The van der Waals surface area contributed by atoms with Gasteiger partial charge < -0.3 is 5.32 Å². The normalized spacial score (nSPS) is 16.5. The zero-order valence-corrected chi connectivity index (χ0v) is 9.22. The summed E-state index contributed by atoms with van der Waals surface area (Å²) in [6, 6.07) is 1.34. The average molecular weight is 172 g/mol. The summed E-state index contributed by atoms with van der Waals surface area (Å²) >= 11 is 0. The fourth-order valence-corrected chi connectivity index (χ4v) is 1.50. The van der Waals surface area contributed by atoms with E-state index in [-0.39, 0.29) is 0 Å². The van der Waals surface area contributed by atoms with Crippen molar-refractivity contribution in [2.75, 3.05) is 20.6 Å². The van der Waals surface area contributed by atoms with Crippen molar-refractivity contribution in [2.24, 2.45) is 0 Å². The molecule has 1 N–H and O–H groups in total. The Labute approximate surface area is 77.3 Å². The van der Waals surface area contributed by atoms with Crippen LogP contribution >= 0.6 is 0 Å². The lowest BCUT2D eigenvalue weighted by Crippen LogP contribution is -2.41. The second kappa shape index (κ2) is 6.44. The molecule has 0 amide bonds. The standard InChI is InChI=1S/C10H24N2/c1-6-7-9(2)12(5)10(3)8-11-4/h9-11H,6-8H2,1-5H3. The predicted molar refractivity (Wildman–Crippen MR) is 55.5 cm³/mol. The zero-order chi connectivity index (χ0) is 9.56. The first-order valence-corrected chi connectivity index (χ1v) is 5.00. The summed E-state index contributed by atoms with van der Waals surface area (Å²) in [7, 11) is 4.22. The number of hydrogen-bond acceptors (Lipinski definition) is 2. The molecule has 2 heteroatoms. The van der Waals surface area contributed by atoms with E-state index < -0.39 is 0 Å². The molecule has 0 aromatic rings. The summed E-state index contributed by atoms with van der Waals surface area (Å²) in [5.41, 5.74) is 0. The highest BCUT2D eigenvalue weighted by Gasteiger charge is 2.13. The van der Waals surface area contributed by atoms with Gasteiger partial charge in [-0.2, -0.15) is 0 Å². The van der Waals surface area contributed by atoms with Crippen molar-refractivity contribution >= 4 is 0 Å². The highest BCUT2D eigenvalue weighted by Crippen LogP contribution is 2.07. The summed E-state index contributed by atoms with van der Waals surface area (Å²) in [6.07, 6.45) is 2.57. The molecule has 2 unspecified atom stereocenters. The van der Waals surface area contributed by atoms with Gasteiger partial charge in [0.25, 0.3) is 0 Å². The maximum atomic E-state index is 3.20. The third kappa shape index (κ3) is 4.07. The summed E-state index contributed by atoms with van der Waals surface area (Å²) in [4.78, 5) is 2.44. The first kappa shape index (κ1) is 11.9. The fourth-order valence-electron chi connectivity index (χ4n) is 1.50. The van der Waals surface area contributed by atoms with Gasteiger partial charge in [0.2, 0.25) is 0 Å². The Bertz CT molecular complexity index is 92.0. The van der Waals surface area contributed by atoms with Crippen molar-refractivity contribution in [3.63, 3.8) is 0 Å². The van der Waals surface area contributed by atoms with E-state index in [9.17, 15) is 0 Å². The largest absolute Gasteiger partial charge is 0.318 e. The van der Waals surface area contributed by atoms with Crippen LogP contribution < -0.4 is 5.32 Å². The van der Waals surface area contributed by atoms with E-state index in [1.165, 1.54) is 12.8 Å². The molecule has 0 aromatic carbocycles. The first-order chi connectivity index (χ1) is 5.63. The summed E-state index contributed by atoms with van der Waals surface area (Å²) in [5.74, 6) is 0. The minimum atomic E-state index is 0.636. The SMILES string of the molecule is CCCC(C)N(C)C(C)CNC. The number of hydrogen-bond donors (Lipinski definition) is 1. The van der Waals surface area contributed by atoms with Crippen molar-refractivity contribution in [1.29, 1.82) is 0 Å². The van der Waals surface area contributed by atoms with Crippen LogP contribution in [0, 0.1) is 0 Å². The van der Waals surface area contributed by atoms with Crippen molar-refractivity contribution in [2.45, 2.75) is 45.7 Å². The monoisotopic (exact) mass is 172 g/mol. The molecule has 0 aliphatic rings.